The molecule has 2 aliphatic rings. The first kappa shape index (κ1) is 22.1. The number of thioether (sulfide) groups is 1. The molecule has 2 aliphatic heterocycles. The van der Waals surface area contributed by atoms with Crippen molar-refractivity contribution in [2.24, 2.45) is 0 Å². The Bertz CT molecular complexity index is 813. The Morgan fingerprint density at radius 3 is 1.93 bits per heavy atom. The number of fused-ring (bicyclic) bond motifs is 1. The standard InChI is InChI=1S/C24H32O4SSi/c1-23(2,3)30(17-12-8-6-9-13-17,18-14-10-7-11-15-18)26-16-19-20-21(22(25)29-19)28-24(4,5)27-20/h6-15,19-22,25H,16H2,1-5H3/t19-,20-,21-,22?/m1/s1. The van der Waals surface area contributed by atoms with Crippen molar-refractivity contribution in [3.8, 4) is 0 Å². The smallest absolute Gasteiger partial charge is 0.261 e. The first-order valence-corrected chi connectivity index (χ1v) is 13.4. The molecule has 6 heteroatoms. The van der Waals surface area contributed by atoms with Crippen molar-refractivity contribution in [3.05, 3.63) is 60.7 Å². The van der Waals surface area contributed by atoms with E-state index in [0.717, 1.165) is 0 Å². The van der Waals surface area contributed by atoms with Crippen molar-refractivity contribution in [2.45, 2.75) is 68.3 Å². The first-order chi connectivity index (χ1) is 14.1. The molecular weight excluding hydrogens is 412 g/mol. The van der Waals surface area contributed by atoms with Crippen LogP contribution in [0, 0.1) is 0 Å². The lowest BCUT2D eigenvalue weighted by atomic mass is 10.1. The molecule has 0 saturated carbocycles. The molecule has 0 aromatic heterocycles. The lowest BCUT2D eigenvalue weighted by molar-refractivity contribution is -0.152. The zero-order valence-corrected chi connectivity index (χ0v) is 20.2. The lowest BCUT2D eigenvalue weighted by Crippen LogP contribution is -2.67. The molecule has 0 spiro atoms. The van der Waals surface area contributed by atoms with Crippen LogP contribution in [0.15, 0.2) is 60.7 Å². The summed E-state index contributed by atoms with van der Waals surface area (Å²) in [6, 6.07) is 21.3. The van der Waals surface area contributed by atoms with Gasteiger partial charge < -0.3 is 19.0 Å². The Hall–Kier alpha value is -1.15. The highest BCUT2D eigenvalue weighted by molar-refractivity contribution is 8.00. The minimum absolute atomic E-state index is 0.0217. The van der Waals surface area contributed by atoms with Crippen molar-refractivity contribution in [3.63, 3.8) is 0 Å². The fourth-order valence-electron chi connectivity index (χ4n) is 4.76. The van der Waals surface area contributed by atoms with Gasteiger partial charge in [0.05, 0.1) is 5.25 Å². The van der Waals surface area contributed by atoms with Crippen LogP contribution in [0.2, 0.25) is 5.04 Å². The van der Waals surface area contributed by atoms with Crippen molar-refractivity contribution in [2.75, 3.05) is 6.61 Å². The molecule has 2 aromatic rings. The molecular formula is C24H32O4SSi. The molecule has 2 heterocycles. The zero-order valence-electron chi connectivity index (χ0n) is 18.4. The van der Waals surface area contributed by atoms with E-state index in [2.05, 4.69) is 81.4 Å². The second-order valence-corrected chi connectivity index (χ2v) is 15.3. The van der Waals surface area contributed by atoms with Gasteiger partial charge in [-0.3, -0.25) is 0 Å². The number of aliphatic hydroxyl groups excluding tert-OH is 1. The predicted molar refractivity (Wildman–Crippen MR) is 125 cm³/mol. The van der Waals surface area contributed by atoms with Crippen molar-refractivity contribution >= 4 is 30.5 Å². The Morgan fingerprint density at radius 1 is 0.933 bits per heavy atom. The topological polar surface area (TPSA) is 47.9 Å². The maximum absolute atomic E-state index is 10.5. The molecule has 2 saturated heterocycles. The minimum Gasteiger partial charge on any atom is -0.406 e. The van der Waals surface area contributed by atoms with Crippen LogP contribution in [0.25, 0.3) is 0 Å². The van der Waals surface area contributed by atoms with Gasteiger partial charge in [-0.15, -0.1) is 11.8 Å². The van der Waals surface area contributed by atoms with Crippen LogP contribution in [0.3, 0.4) is 0 Å². The van der Waals surface area contributed by atoms with Crippen LogP contribution in [0.4, 0.5) is 0 Å². The maximum Gasteiger partial charge on any atom is 0.261 e. The number of hydrogen-bond donors (Lipinski definition) is 1. The van der Waals surface area contributed by atoms with E-state index in [1.165, 1.54) is 22.1 Å². The lowest BCUT2D eigenvalue weighted by Gasteiger charge is -2.43. The van der Waals surface area contributed by atoms with Crippen molar-refractivity contribution in [1.29, 1.82) is 0 Å². The number of benzene rings is 2. The quantitative estimate of drug-likeness (QED) is 0.715. The highest BCUT2D eigenvalue weighted by atomic mass is 32.2. The van der Waals surface area contributed by atoms with Gasteiger partial charge in [-0.1, -0.05) is 81.4 Å². The molecule has 0 bridgehead atoms. The van der Waals surface area contributed by atoms with E-state index in [1.54, 1.807) is 0 Å². The van der Waals surface area contributed by atoms with Gasteiger partial charge in [-0.2, -0.15) is 0 Å². The Kier molecular flexibility index (Phi) is 5.94. The first-order valence-electron chi connectivity index (χ1n) is 10.6. The van der Waals surface area contributed by atoms with Crippen LogP contribution in [-0.2, 0) is 13.9 Å². The molecule has 2 fully saturated rings. The maximum atomic E-state index is 10.5. The number of aliphatic hydroxyl groups is 1. The number of rotatable bonds is 5. The fourth-order valence-corrected chi connectivity index (χ4v) is 10.7. The normalized spacial score (nSPS) is 28.5. The van der Waals surface area contributed by atoms with Crippen molar-refractivity contribution < 1.29 is 19.0 Å². The monoisotopic (exact) mass is 444 g/mol. The molecule has 4 nitrogen and oxygen atoms in total. The largest absolute Gasteiger partial charge is 0.406 e. The summed E-state index contributed by atoms with van der Waals surface area (Å²) in [5, 5.41) is 13.0. The van der Waals surface area contributed by atoms with E-state index in [-0.39, 0.29) is 22.5 Å². The highest BCUT2D eigenvalue weighted by Crippen LogP contribution is 2.46. The van der Waals surface area contributed by atoms with Gasteiger partial charge in [0.1, 0.15) is 17.6 Å². The summed E-state index contributed by atoms with van der Waals surface area (Å²) >= 11 is 1.50. The van der Waals surface area contributed by atoms with Crippen LogP contribution >= 0.6 is 11.8 Å². The summed E-state index contributed by atoms with van der Waals surface area (Å²) in [6.45, 7) is 11.1. The summed E-state index contributed by atoms with van der Waals surface area (Å²) in [5.41, 5.74) is -0.593. The van der Waals surface area contributed by atoms with Gasteiger partial charge in [0.25, 0.3) is 8.32 Å². The van der Waals surface area contributed by atoms with Crippen LogP contribution < -0.4 is 10.4 Å². The van der Waals surface area contributed by atoms with E-state index in [0.29, 0.717) is 6.61 Å². The summed E-state index contributed by atoms with van der Waals surface area (Å²) in [6.07, 6.45) is -0.476. The molecule has 1 N–H and O–H groups in total. The molecule has 1 unspecified atom stereocenters. The second-order valence-electron chi connectivity index (χ2n) is 9.60. The van der Waals surface area contributed by atoms with Gasteiger partial charge in [0, 0.05) is 6.61 Å². The van der Waals surface area contributed by atoms with E-state index in [1.807, 2.05) is 13.8 Å². The van der Waals surface area contributed by atoms with E-state index < -0.39 is 19.5 Å². The summed E-state index contributed by atoms with van der Waals surface area (Å²) in [4.78, 5) is 0. The molecule has 0 aliphatic carbocycles. The molecule has 0 radical (unpaired) electrons. The molecule has 2 aromatic carbocycles. The van der Waals surface area contributed by atoms with Gasteiger partial charge in [0.15, 0.2) is 5.79 Å². The fraction of sp³-hybridized carbons (Fsp3) is 0.500. The SMILES string of the molecule is CC1(C)O[C@@H]2[C@@H](CO[Si](c3ccccc3)(c3ccccc3)C(C)(C)C)SC(O)[C@@H]2O1. The molecule has 4 rings (SSSR count). The Labute approximate surface area is 185 Å². The average Bonchev–Trinajstić information content (AvgIpc) is 3.17. The molecule has 30 heavy (non-hydrogen) atoms. The highest BCUT2D eigenvalue weighted by Gasteiger charge is 2.56. The predicted octanol–water partition coefficient (Wildman–Crippen LogP) is 3.52. The summed E-state index contributed by atoms with van der Waals surface area (Å²) < 4.78 is 19.1. The number of hydrogen-bond acceptors (Lipinski definition) is 5. The van der Waals surface area contributed by atoms with Gasteiger partial charge in [-0.05, 0) is 29.3 Å². The minimum atomic E-state index is -2.61. The van der Waals surface area contributed by atoms with Gasteiger partial charge >= 0.3 is 0 Å². The van der Waals surface area contributed by atoms with Crippen LogP contribution in [-0.4, -0.2) is 48.7 Å². The number of ether oxygens (including phenoxy) is 2. The van der Waals surface area contributed by atoms with Crippen molar-refractivity contribution in [1.82, 2.24) is 0 Å². The zero-order chi connectivity index (χ0) is 21.6. The van der Waals surface area contributed by atoms with Gasteiger partial charge in [-0.25, -0.2) is 0 Å². The van der Waals surface area contributed by atoms with Gasteiger partial charge in [0.2, 0.25) is 0 Å². The summed E-state index contributed by atoms with van der Waals surface area (Å²) in [7, 11) is -2.61. The molecule has 0 amide bonds. The van der Waals surface area contributed by atoms with E-state index >= 15 is 0 Å². The summed E-state index contributed by atoms with van der Waals surface area (Å²) in [5.74, 6) is -0.674. The second kappa shape index (κ2) is 8.08. The van der Waals surface area contributed by atoms with E-state index in [9.17, 15) is 5.11 Å². The van der Waals surface area contributed by atoms with Crippen LogP contribution in [0.1, 0.15) is 34.6 Å². The van der Waals surface area contributed by atoms with Crippen LogP contribution in [0.5, 0.6) is 0 Å². The average molecular weight is 445 g/mol. The third kappa shape index (κ3) is 3.90. The third-order valence-electron chi connectivity index (χ3n) is 6.01. The molecule has 4 atom stereocenters. The Morgan fingerprint density at radius 2 is 1.43 bits per heavy atom. The Balaban J connectivity index is 1.69. The van der Waals surface area contributed by atoms with E-state index in [4.69, 9.17) is 13.9 Å². The molecule has 162 valence electrons. The third-order valence-corrected chi connectivity index (χ3v) is 12.3.